The van der Waals surface area contributed by atoms with Crippen molar-refractivity contribution < 1.29 is 4.79 Å². The second-order valence-electron chi connectivity index (χ2n) is 6.61. The zero-order valence-electron chi connectivity index (χ0n) is 16.0. The van der Waals surface area contributed by atoms with Gasteiger partial charge in [0.2, 0.25) is 5.91 Å². The molecule has 1 N–H and O–H groups in total. The number of aromatic nitrogens is 3. The molecule has 0 spiro atoms. The van der Waals surface area contributed by atoms with Gasteiger partial charge in [-0.05, 0) is 43.5 Å². The molecule has 3 aromatic rings. The number of thioether (sulfide) groups is 1. The molecule has 0 bridgehead atoms. The molecule has 0 aliphatic heterocycles. The summed E-state index contributed by atoms with van der Waals surface area (Å²) in [4.78, 5) is 13.5. The molecule has 1 amide bonds. The van der Waals surface area contributed by atoms with Gasteiger partial charge in [-0.2, -0.15) is 0 Å². The molecule has 3 rings (SSSR count). The van der Waals surface area contributed by atoms with Crippen LogP contribution < -0.4 is 5.32 Å². The van der Waals surface area contributed by atoms with E-state index in [1.807, 2.05) is 12.1 Å². The molecule has 0 atom stereocenters. The zero-order valence-corrected chi connectivity index (χ0v) is 17.7. The van der Waals surface area contributed by atoms with E-state index in [2.05, 4.69) is 71.4 Å². The standard InChI is InChI=1S/C20H24N4OS2/c1-5-24-19(16-10-14(4)26-11-16)22-23-20(24)27-12-18(25)21-17-8-6-15(7-9-17)13(2)3/h6-11,13H,5,12H2,1-4H3,(H,21,25). The Morgan fingerprint density at radius 2 is 2.00 bits per heavy atom. The molecule has 0 unspecified atom stereocenters. The number of nitrogens with one attached hydrogen (secondary N) is 1. The van der Waals surface area contributed by atoms with Gasteiger partial charge in [0.05, 0.1) is 5.75 Å². The van der Waals surface area contributed by atoms with Gasteiger partial charge in [-0.15, -0.1) is 21.5 Å². The summed E-state index contributed by atoms with van der Waals surface area (Å²) < 4.78 is 2.05. The Kier molecular flexibility index (Phi) is 6.34. The molecule has 0 saturated carbocycles. The summed E-state index contributed by atoms with van der Waals surface area (Å²) in [7, 11) is 0. The fourth-order valence-corrected chi connectivity index (χ4v) is 4.22. The number of hydrogen-bond acceptors (Lipinski definition) is 5. The van der Waals surface area contributed by atoms with Crippen LogP contribution in [0.3, 0.4) is 0 Å². The maximum absolute atomic E-state index is 12.3. The number of amides is 1. The highest BCUT2D eigenvalue weighted by Gasteiger charge is 2.15. The number of anilines is 1. The average Bonchev–Trinajstić information content (AvgIpc) is 3.25. The first-order chi connectivity index (χ1) is 13.0. The predicted octanol–water partition coefficient (Wildman–Crippen LogP) is 5.19. The quantitative estimate of drug-likeness (QED) is 0.555. The van der Waals surface area contributed by atoms with Crippen molar-refractivity contribution in [2.45, 2.75) is 45.3 Å². The zero-order chi connectivity index (χ0) is 19.4. The van der Waals surface area contributed by atoms with Crippen LogP contribution in [-0.2, 0) is 11.3 Å². The Balaban J connectivity index is 1.62. The summed E-state index contributed by atoms with van der Waals surface area (Å²) in [6.07, 6.45) is 0. The van der Waals surface area contributed by atoms with E-state index in [9.17, 15) is 4.79 Å². The fourth-order valence-electron chi connectivity index (χ4n) is 2.73. The molecule has 2 aromatic heterocycles. The van der Waals surface area contributed by atoms with E-state index >= 15 is 0 Å². The van der Waals surface area contributed by atoms with Crippen molar-refractivity contribution in [3.05, 3.63) is 46.2 Å². The van der Waals surface area contributed by atoms with Crippen LogP contribution >= 0.6 is 23.1 Å². The Morgan fingerprint density at radius 3 is 2.59 bits per heavy atom. The largest absolute Gasteiger partial charge is 0.325 e. The Hall–Kier alpha value is -2.12. The number of carbonyl (C=O) groups excluding carboxylic acids is 1. The van der Waals surface area contributed by atoms with Crippen LogP contribution in [0.1, 0.15) is 37.1 Å². The van der Waals surface area contributed by atoms with Crippen LogP contribution in [0.2, 0.25) is 0 Å². The van der Waals surface area contributed by atoms with Gasteiger partial charge in [0.25, 0.3) is 0 Å². The second kappa shape index (κ2) is 8.71. The van der Waals surface area contributed by atoms with E-state index < -0.39 is 0 Å². The molecule has 142 valence electrons. The summed E-state index contributed by atoms with van der Waals surface area (Å²) >= 11 is 3.11. The minimum atomic E-state index is -0.0455. The summed E-state index contributed by atoms with van der Waals surface area (Å²) in [5.74, 6) is 1.59. The topological polar surface area (TPSA) is 59.8 Å². The van der Waals surface area contributed by atoms with Gasteiger partial charge in [-0.3, -0.25) is 4.79 Å². The molecule has 5 nitrogen and oxygen atoms in total. The van der Waals surface area contributed by atoms with Gasteiger partial charge < -0.3 is 9.88 Å². The van der Waals surface area contributed by atoms with Gasteiger partial charge in [0.15, 0.2) is 11.0 Å². The number of aryl methyl sites for hydroxylation is 1. The van der Waals surface area contributed by atoms with Gasteiger partial charge in [0.1, 0.15) is 0 Å². The van der Waals surface area contributed by atoms with Gasteiger partial charge in [0, 0.05) is 28.1 Å². The van der Waals surface area contributed by atoms with Crippen LogP contribution in [0, 0.1) is 6.92 Å². The summed E-state index contributed by atoms with van der Waals surface area (Å²) in [6.45, 7) is 9.21. The molecular weight excluding hydrogens is 376 g/mol. The van der Waals surface area contributed by atoms with E-state index in [1.165, 1.54) is 22.2 Å². The summed E-state index contributed by atoms with van der Waals surface area (Å²) in [5, 5.41) is 14.4. The Bertz CT molecular complexity index is 912. The number of benzene rings is 1. The third-order valence-corrected chi connectivity index (χ3v) is 6.04. The molecule has 2 heterocycles. The second-order valence-corrected chi connectivity index (χ2v) is 8.67. The molecule has 0 aliphatic carbocycles. The van der Waals surface area contributed by atoms with Crippen molar-refractivity contribution >= 4 is 34.7 Å². The van der Waals surface area contributed by atoms with Crippen LogP contribution in [0.15, 0.2) is 40.9 Å². The number of thiophene rings is 1. The number of nitrogens with zero attached hydrogens (tertiary/aromatic N) is 3. The van der Waals surface area contributed by atoms with Crippen LogP contribution in [0.25, 0.3) is 11.4 Å². The van der Waals surface area contributed by atoms with Crippen LogP contribution in [0.5, 0.6) is 0 Å². The van der Waals surface area contributed by atoms with E-state index in [0.717, 1.165) is 28.8 Å². The molecule has 7 heteroatoms. The molecular formula is C20H24N4OS2. The van der Waals surface area contributed by atoms with Crippen molar-refractivity contribution in [3.63, 3.8) is 0 Å². The first-order valence-electron chi connectivity index (χ1n) is 8.99. The molecule has 1 aromatic carbocycles. The molecule has 0 aliphatic rings. The van der Waals surface area contributed by atoms with E-state index in [0.29, 0.717) is 11.7 Å². The van der Waals surface area contributed by atoms with Crippen molar-refractivity contribution in [1.82, 2.24) is 14.8 Å². The van der Waals surface area contributed by atoms with Gasteiger partial charge in [-0.1, -0.05) is 37.7 Å². The van der Waals surface area contributed by atoms with E-state index in [-0.39, 0.29) is 5.91 Å². The lowest BCUT2D eigenvalue weighted by atomic mass is 10.0. The minimum absolute atomic E-state index is 0.0455. The third-order valence-electron chi connectivity index (χ3n) is 4.22. The van der Waals surface area contributed by atoms with Gasteiger partial charge in [-0.25, -0.2) is 0 Å². The molecule has 0 fully saturated rings. The monoisotopic (exact) mass is 400 g/mol. The summed E-state index contributed by atoms with van der Waals surface area (Å²) in [5.41, 5.74) is 3.15. The fraction of sp³-hybridized carbons (Fsp3) is 0.350. The van der Waals surface area contributed by atoms with Gasteiger partial charge >= 0.3 is 0 Å². The van der Waals surface area contributed by atoms with Crippen LogP contribution in [-0.4, -0.2) is 26.4 Å². The highest BCUT2D eigenvalue weighted by atomic mass is 32.2. The Labute approximate surface area is 168 Å². The lowest BCUT2D eigenvalue weighted by Gasteiger charge is -2.09. The molecule has 0 saturated heterocycles. The lowest BCUT2D eigenvalue weighted by molar-refractivity contribution is -0.113. The van der Waals surface area contributed by atoms with Crippen molar-refractivity contribution in [1.29, 1.82) is 0 Å². The normalized spacial score (nSPS) is 11.1. The highest BCUT2D eigenvalue weighted by Crippen LogP contribution is 2.27. The average molecular weight is 401 g/mol. The molecule has 0 radical (unpaired) electrons. The van der Waals surface area contributed by atoms with E-state index in [4.69, 9.17) is 0 Å². The van der Waals surface area contributed by atoms with Crippen molar-refractivity contribution in [3.8, 4) is 11.4 Å². The highest BCUT2D eigenvalue weighted by molar-refractivity contribution is 7.99. The predicted molar refractivity (Wildman–Crippen MR) is 114 cm³/mol. The number of carbonyl (C=O) groups is 1. The lowest BCUT2D eigenvalue weighted by Crippen LogP contribution is -2.14. The maximum Gasteiger partial charge on any atom is 0.234 e. The van der Waals surface area contributed by atoms with E-state index in [1.54, 1.807) is 11.3 Å². The van der Waals surface area contributed by atoms with Crippen molar-refractivity contribution in [2.75, 3.05) is 11.1 Å². The summed E-state index contributed by atoms with van der Waals surface area (Å²) in [6, 6.07) is 10.1. The Morgan fingerprint density at radius 1 is 1.26 bits per heavy atom. The molecule has 27 heavy (non-hydrogen) atoms. The minimum Gasteiger partial charge on any atom is -0.325 e. The van der Waals surface area contributed by atoms with Crippen LogP contribution in [0.4, 0.5) is 5.69 Å². The first kappa shape index (κ1) is 19.6. The smallest absolute Gasteiger partial charge is 0.234 e. The maximum atomic E-state index is 12.3. The first-order valence-corrected chi connectivity index (χ1v) is 10.9. The van der Waals surface area contributed by atoms with Crippen molar-refractivity contribution in [2.24, 2.45) is 0 Å². The number of rotatable bonds is 7. The third kappa shape index (κ3) is 4.78. The number of hydrogen-bond donors (Lipinski definition) is 1. The SMILES string of the molecule is CCn1c(SCC(=O)Nc2ccc(C(C)C)cc2)nnc1-c1csc(C)c1.